The molecule has 2 rings (SSSR count). The molecule has 1 aliphatic heterocycles. The third-order valence-electron chi connectivity index (χ3n) is 4.31. The molecule has 1 saturated heterocycles. The molecule has 112 valence electrons. The van der Waals surface area contributed by atoms with E-state index in [1.165, 1.54) is 23.6 Å². The van der Waals surface area contributed by atoms with Gasteiger partial charge in [-0.05, 0) is 50.9 Å². The van der Waals surface area contributed by atoms with E-state index in [2.05, 4.69) is 4.72 Å². The maximum absolute atomic E-state index is 11.8. The number of nitrogens with zero attached hydrogens (tertiary/aromatic N) is 1. The topological polar surface area (TPSA) is 58.6 Å². The molecule has 1 unspecified atom stereocenters. The summed E-state index contributed by atoms with van der Waals surface area (Å²) in [6, 6.07) is 0.0900. The number of ether oxygens (including phenoxy) is 1. The van der Waals surface area contributed by atoms with Crippen LogP contribution in [-0.4, -0.2) is 45.6 Å². The van der Waals surface area contributed by atoms with Crippen molar-refractivity contribution in [3.63, 3.8) is 0 Å². The summed E-state index contributed by atoms with van der Waals surface area (Å²) >= 11 is 0. The minimum Gasteiger partial charge on any atom is -0.378 e. The molecular formula is C13H26N2O3S. The van der Waals surface area contributed by atoms with Crippen LogP contribution in [0.3, 0.4) is 0 Å². The van der Waals surface area contributed by atoms with E-state index in [0.29, 0.717) is 12.0 Å². The van der Waals surface area contributed by atoms with Crippen LogP contribution in [0.25, 0.3) is 0 Å². The molecule has 0 bridgehead atoms. The Morgan fingerprint density at radius 1 is 1.05 bits per heavy atom. The smallest absolute Gasteiger partial charge is 0.279 e. The molecule has 2 fully saturated rings. The zero-order valence-corrected chi connectivity index (χ0v) is 12.8. The summed E-state index contributed by atoms with van der Waals surface area (Å²) in [6.07, 6.45) is 8.07. The molecule has 1 N–H and O–H groups in total. The van der Waals surface area contributed by atoms with Crippen LogP contribution < -0.4 is 4.72 Å². The average Bonchev–Trinajstić information content (AvgIpc) is 2.40. The van der Waals surface area contributed by atoms with E-state index in [4.69, 9.17) is 4.74 Å². The first-order chi connectivity index (χ1) is 8.99. The molecule has 0 aromatic heterocycles. The second-order valence-electron chi connectivity index (χ2n) is 5.92. The highest BCUT2D eigenvalue weighted by atomic mass is 32.2. The summed E-state index contributed by atoms with van der Waals surface area (Å²) < 4.78 is 33.4. The van der Waals surface area contributed by atoms with Crippen molar-refractivity contribution in [1.29, 1.82) is 0 Å². The Morgan fingerprint density at radius 2 is 1.74 bits per heavy atom. The Bertz CT molecular complexity index is 369. The third kappa shape index (κ3) is 4.15. The van der Waals surface area contributed by atoms with Crippen molar-refractivity contribution < 1.29 is 13.2 Å². The van der Waals surface area contributed by atoms with Crippen LogP contribution in [0.1, 0.15) is 44.9 Å². The number of rotatable bonds is 4. The number of hydrogen-bond donors (Lipinski definition) is 1. The lowest BCUT2D eigenvalue weighted by Gasteiger charge is -2.36. The predicted octanol–water partition coefficient (Wildman–Crippen LogP) is 1.51. The molecule has 1 atom stereocenters. The van der Waals surface area contributed by atoms with Gasteiger partial charge in [0.1, 0.15) is 0 Å². The molecule has 0 aromatic carbocycles. The van der Waals surface area contributed by atoms with Gasteiger partial charge in [-0.2, -0.15) is 17.4 Å². The van der Waals surface area contributed by atoms with Gasteiger partial charge in [0.2, 0.25) is 0 Å². The molecular weight excluding hydrogens is 264 g/mol. The van der Waals surface area contributed by atoms with Gasteiger partial charge in [-0.25, -0.2) is 0 Å². The molecule has 1 aliphatic carbocycles. The quantitative estimate of drug-likeness (QED) is 0.854. The Balaban J connectivity index is 1.79. The van der Waals surface area contributed by atoms with Gasteiger partial charge in [0, 0.05) is 26.7 Å². The Kier molecular flexibility index (Phi) is 5.22. The van der Waals surface area contributed by atoms with Crippen LogP contribution in [0.4, 0.5) is 0 Å². The fourth-order valence-corrected chi connectivity index (χ4v) is 3.93. The van der Waals surface area contributed by atoms with Crippen molar-refractivity contribution in [1.82, 2.24) is 9.03 Å². The van der Waals surface area contributed by atoms with Crippen molar-refractivity contribution in [2.24, 2.45) is 5.92 Å². The van der Waals surface area contributed by atoms with Gasteiger partial charge in [0.15, 0.2) is 0 Å². The molecule has 0 aromatic rings. The van der Waals surface area contributed by atoms with Gasteiger partial charge in [0.05, 0.1) is 6.10 Å². The van der Waals surface area contributed by atoms with E-state index >= 15 is 0 Å². The Labute approximate surface area is 116 Å². The van der Waals surface area contributed by atoms with E-state index in [9.17, 15) is 8.42 Å². The highest BCUT2D eigenvalue weighted by Crippen LogP contribution is 2.32. The molecule has 19 heavy (non-hydrogen) atoms. The van der Waals surface area contributed by atoms with Crippen LogP contribution in [0.2, 0.25) is 0 Å². The minimum absolute atomic E-state index is 0.0900. The lowest BCUT2D eigenvalue weighted by molar-refractivity contribution is -0.0318. The third-order valence-corrected chi connectivity index (χ3v) is 5.90. The van der Waals surface area contributed by atoms with E-state index in [0.717, 1.165) is 32.3 Å². The van der Waals surface area contributed by atoms with E-state index < -0.39 is 10.2 Å². The monoisotopic (exact) mass is 290 g/mol. The summed E-state index contributed by atoms with van der Waals surface area (Å²) in [4.78, 5) is 0. The standard InChI is InChI=1S/C13H26N2O3S/c1-15(2)19(16,17)14-12-8-6-11(7-9-12)13-5-3-4-10-18-13/h11-14H,3-10H2,1-2H3. The maximum atomic E-state index is 11.8. The molecule has 1 heterocycles. The van der Waals surface area contributed by atoms with E-state index in [-0.39, 0.29) is 6.04 Å². The van der Waals surface area contributed by atoms with Crippen molar-refractivity contribution in [3.8, 4) is 0 Å². The summed E-state index contributed by atoms with van der Waals surface area (Å²) in [5.41, 5.74) is 0. The van der Waals surface area contributed by atoms with Gasteiger partial charge >= 0.3 is 0 Å². The lowest BCUT2D eigenvalue weighted by Crippen LogP contribution is -2.44. The number of nitrogens with one attached hydrogen (secondary N) is 1. The highest BCUT2D eigenvalue weighted by molar-refractivity contribution is 7.87. The van der Waals surface area contributed by atoms with Gasteiger partial charge in [-0.1, -0.05) is 0 Å². The summed E-state index contributed by atoms with van der Waals surface area (Å²) in [5, 5.41) is 0. The second kappa shape index (κ2) is 6.52. The molecule has 0 amide bonds. The maximum Gasteiger partial charge on any atom is 0.279 e. The van der Waals surface area contributed by atoms with Gasteiger partial charge < -0.3 is 4.74 Å². The SMILES string of the molecule is CN(C)S(=O)(=O)NC1CCC(C2CCCCO2)CC1. The van der Waals surface area contributed by atoms with Crippen LogP contribution in [-0.2, 0) is 14.9 Å². The van der Waals surface area contributed by atoms with Crippen LogP contribution >= 0.6 is 0 Å². The fourth-order valence-electron chi connectivity index (χ4n) is 3.06. The molecule has 0 radical (unpaired) electrons. The summed E-state index contributed by atoms with van der Waals surface area (Å²) in [7, 11) is -0.169. The van der Waals surface area contributed by atoms with Crippen molar-refractivity contribution in [3.05, 3.63) is 0 Å². The Morgan fingerprint density at radius 3 is 2.26 bits per heavy atom. The van der Waals surface area contributed by atoms with Gasteiger partial charge in [-0.3, -0.25) is 0 Å². The van der Waals surface area contributed by atoms with Crippen molar-refractivity contribution >= 4 is 10.2 Å². The first kappa shape index (κ1) is 15.2. The Hall–Kier alpha value is -0.170. The first-order valence-electron chi connectivity index (χ1n) is 7.30. The largest absolute Gasteiger partial charge is 0.378 e. The van der Waals surface area contributed by atoms with Crippen LogP contribution in [0, 0.1) is 5.92 Å². The number of hydrogen-bond acceptors (Lipinski definition) is 3. The first-order valence-corrected chi connectivity index (χ1v) is 8.74. The highest BCUT2D eigenvalue weighted by Gasteiger charge is 2.31. The summed E-state index contributed by atoms with van der Waals surface area (Å²) in [6.45, 7) is 0.901. The molecule has 1 saturated carbocycles. The predicted molar refractivity (Wildman–Crippen MR) is 75.1 cm³/mol. The average molecular weight is 290 g/mol. The van der Waals surface area contributed by atoms with Gasteiger partial charge in [-0.15, -0.1) is 0 Å². The van der Waals surface area contributed by atoms with E-state index in [1.807, 2.05) is 0 Å². The van der Waals surface area contributed by atoms with Crippen molar-refractivity contribution in [2.75, 3.05) is 20.7 Å². The van der Waals surface area contributed by atoms with Crippen LogP contribution in [0.5, 0.6) is 0 Å². The minimum atomic E-state index is -3.29. The zero-order chi connectivity index (χ0) is 13.9. The molecule has 5 nitrogen and oxygen atoms in total. The second-order valence-corrected chi connectivity index (χ2v) is 7.84. The summed E-state index contributed by atoms with van der Waals surface area (Å²) in [5.74, 6) is 0.625. The van der Waals surface area contributed by atoms with Crippen molar-refractivity contribution in [2.45, 2.75) is 57.1 Å². The molecule has 0 spiro atoms. The normalized spacial score (nSPS) is 33.5. The lowest BCUT2D eigenvalue weighted by atomic mass is 9.81. The van der Waals surface area contributed by atoms with E-state index in [1.54, 1.807) is 14.1 Å². The zero-order valence-electron chi connectivity index (χ0n) is 12.0. The van der Waals surface area contributed by atoms with Crippen LogP contribution in [0.15, 0.2) is 0 Å². The molecule has 6 heteroatoms. The molecule has 2 aliphatic rings. The fraction of sp³-hybridized carbons (Fsp3) is 1.00. The van der Waals surface area contributed by atoms with Gasteiger partial charge in [0.25, 0.3) is 10.2 Å².